The molecule has 2 heterocycles. The lowest BCUT2D eigenvalue weighted by atomic mass is 10.1. The third-order valence-electron chi connectivity index (χ3n) is 2.78. The summed E-state index contributed by atoms with van der Waals surface area (Å²) < 4.78 is 5.44. The molecule has 3 N–H and O–H groups in total. The van der Waals surface area contributed by atoms with E-state index >= 15 is 0 Å². The number of nitrogens with one attached hydrogen (secondary N) is 1. The molecule has 0 aliphatic rings. The molecule has 22 heavy (non-hydrogen) atoms. The zero-order valence-corrected chi connectivity index (χ0v) is 13.0. The van der Waals surface area contributed by atoms with Crippen LogP contribution >= 0.6 is 22.7 Å². The topological polar surface area (TPSA) is 90.1 Å². The van der Waals surface area contributed by atoms with Crippen molar-refractivity contribution in [1.82, 2.24) is 9.97 Å². The molecule has 1 amide bonds. The number of amides is 1. The molecule has 0 saturated heterocycles. The van der Waals surface area contributed by atoms with E-state index in [-0.39, 0.29) is 12.5 Å². The molecule has 1 aromatic carbocycles. The van der Waals surface area contributed by atoms with Gasteiger partial charge in [0, 0.05) is 22.5 Å². The van der Waals surface area contributed by atoms with Crippen LogP contribution in [-0.2, 0) is 4.79 Å². The minimum Gasteiger partial charge on any atom is -0.482 e. The van der Waals surface area contributed by atoms with Gasteiger partial charge >= 0.3 is 0 Å². The Morgan fingerprint density at radius 2 is 2.27 bits per heavy atom. The van der Waals surface area contributed by atoms with Crippen LogP contribution in [0.5, 0.6) is 5.75 Å². The number of nitrogens with two attached hydrogens (primary N) is 1. The highest BCUT2D eigenvalue weighted by molar-refractivity contribution is 7.13. The van der Waals surface area contributed by atoms with Crippen molar-refractivity contribution in [2.24, 2.45) is 0 Å². The molecule has 0 aliphatic carbocycles. The Balaban J connectivity index is 1.62. The summed E-state index contributed by atoms with van der Waals surface area (Å²) in [5.74, 6) is 0.186. The van der Waals surface area contributed by atoms with E-state index in [9.17, 15) is 4.79 Å². The number of rotatable bonds is 5. The average Bonchev–Trinajstić information content (AvgIpc) is 3.19. The molecule has 0 spiro atoms. The molecule has 0 aliphatic heterocycles. The van der Waals surface area contributed by atoms with Gasteiger partial charge in [0.25, 0.3) is 5.91 Å². The van der Waals surface area contributed by atoms with Gasteiger partial charge in [0.1, 0.15) is 5.75 Å². The van der Waals surface area contributed by atoms with E-state index < -0.39 is 0 Å². The van der Waals surface area contributed by atoms with Crippen molar-refractivity contribution in [2.45, 2.75) is 0 Å². The highest BCUT2D eigenvalue weighted by Crippen LogP contribution is 2.28. The molecular weight excluding hydrogens is 320 g/mol. The number of carbonyl (C=O) groups excluding carboxylic acids is 1. The first kappa shape index (κ1) is 14.5. The molecule has 3 rings (SSSR count). The van der Waals surface area contributed by atoms with Crippen molar-refractivity contribution in [3.05, 3.63) is 40.7 Å². The summed E-state index contributed by atoms with van der Waals surface area (Å²) in [6.07, 6.45) is 1.62. The molecule has 6 nitrogen and oxygen atoms in total. The van der Waals surface area contributed by atoms with E-state index in [0.29, 0.717) is 16.6 Å². The van der Waals surface area contributed by atoms with Gasteiger partial charge in [-0.05, 0) is 18.2 Å². The Morgan fingerprint density at radius 1 is 1.36 bits per heavy atom. The van der Waals surface area contributed by atoms with Crippen LogP contribution in [0.3, 0.4) is 0 Å². The Labute approximate surface area is 134 Å². The quantitative estimate of drug-likeness (QED) is 0.701. The molecule has 2 aromatic heterocycles. The first-order valence-corrected chi connectivity index (χ1v) is 8.15. The molecule has 0 unspecified atom stereocenters. The van der Waals surface area contributed by atoms with Crippen molar-refractivity contribution in [2.75, 3.05) is 17.7 Å². The van der Waals surface area contributed by atoms with E-state index in [2.05, 4.69) is 15.3 Å². The normalized spacial score (nSPS) is 10.4. The maximum absolute atomic E-state index is 11.7. The van der Waals surface area contributed by atoms with E-state index in [0.717, 1.165) is 11.3 Å². The van der Waals surface area contributed by atoms with Gasteiger partial charge in [-0.25, -0.2) is 9.97 Å². The Morgan fingerprint density at radius 3 is 2.95 bits per heavy atom. The second kappa shape index (κ2) is 6.54. The lowest BCUT2D eigenvalue weighted by Gasteiger charge is -2.09. The third-order valence-corrected chi connectivity index (χ3v) is 4.05. The molecule has 0 atom stereocenters. The van der Waals surface area contributed by atoms with Crippen molar-refractivity contribution in [3.63, 3.8) is 0 Å². The Bertz CT molecular complexity index is 757. The Kier molecular flexibility index (Phi) is 4.31. The van der Waals surface area contributed by atoms with E-state index in [4.69, 9.17) is 10.5 Å². The Hall–Kier alpha value is -2.45. The van der Waals surface area contributed by atoms with Gasteiger partial charge in [0.2, 0.25) is 0 Å². The van der Waals surface area contributed by atoms with E-state index in [1.54, 1.807) is 29.2 Å². The molecule has 0 fully saturated rings. The number of anilines is 2. The fraction of sp³-hybridized carbons (Fsp3) is 0.0714. The number of nitrogen functional groups attached to an aromatic ring is 1. The van der Waals surface area contributed by atoms with Crippen LogP contribution in [0.15, 0.2) is 40.7 Å². The number of hydrogen-bond donors (Lipinski definition) is 2. The summed E-state index contributed by atoms with van der Waals surface area (Å²) in [6, 6.07) is 5.38. The first-order chi connectivity index (χ1) is 10.7. The highest BCUT2D eigenvalue weighted by Gasteiger charge is 2.09. The zero-order valence-electron chi connectivity index (χ0n) is 11.4. The van der Waals surface area contributed by atoms with Gasteiger partial charge in [-0.3, -0.25) is 10.1 Å². The van der Waals surface area contributed by atoms with Crippen LogP contribution < -0.4 is 15.8 Å². The predicted octanol–water partition coefficient (Wildman–Crippen LogP) is 2.87. The van der Waals surface area contributed by atoms with Crippen molar-refractivity contribution >= 4 is 39.4 Å². The van der Waals surface area contributed by atoms with E-state index in [1.165, 1.54) is 22.7 Å². The smallest absolute Gasteiger partial charge is 0.264 e. The SMILES string of the molecule is Nc1cc(-c2cscn2)ccc1OCC(=O)Nc1nccs1. The second-order valence-corrected chi connectivity index (χ2v) is 5.91. The average molecular weight is 332 g/mol. The first-order valence-electron chi connectivity index (χ1n) is 6.32. The molecule has 0 saturated carbocycles. The largest absolute Gasteiger partial charge is 0.482 e. The fourth-order valence-electron chi connectivity index (χ4n) is 1.78. The molecular formula is C14H12N4O2S2. The summed E-state index contributed by atoms with van der Waals surface area (Å²) in [6.45, 7) is -0.125. The van der Waals surface area contributed by atoms with Gasteiger partial charge in [0.15, 0.2) is 11.7 Å². The maximum atomic E-state index is 11.7. The van der Waals surface area contributed by atoms with Gasteiger partial charge in [-0.2, -0.15) is 0 Å². The number of ether oxygens (including phenoxy) is 1. The van der Waals surface area contributed by atoms with Gasteiger partial charge in [0.05, 0.1) is 16.9 Å². The van der Waals surface area contributed by atoms with E-state index in [1.807, 2.05) is 11.4 Å². The third kappa shape index (κ3) is 3.41. The number of aromatic nitrogens is 2. The van der Waals surface area contributed by atoms with Crippen LogP contribution in [0, 0.1) is 0 Å². The minimum atomic E-state index is -0.280. The molecule has 0 radical (unpaired) electrons. The second-order valence-electron chi connectivity index (χ2n) is 4.30. The molecule has 112 valence electrons. The van der Waals surface area contributed by atoms with Crippen molar-refractivity contribution in [3.8, 4) is 17.0 Å². The van der Waals surface area contributed by atoms with Crippen LogP contribution in [-0.4, -0.2) is 22.5 Å². The number of carbonyl (C=O) groups is 1. The summed E-state index contributed by atoms with van der Waals surface area (Å²) in [5.41, 5.74) is 9.97. The van der Waals surface area contributed by atoms with Crippen LogP contribution in [0.4, 0.5) is 10.8 Å². The maximum Gasteiger partial charge on any atom is 0.264 e. The van der Waals surface area contributed by atoms with Gasteiger partial charge in [-0.1, -0.05) is 0 Å². The standard InChI is InChI=1S/C14H12N4O2S2/c15-10-5-9(11-7-21-8-17-11)1-2-12(10)20-6-13(19)18-14-16-3-4-22-14/h1-5,7-8H,6,15H2,(H,16,18,19). The van der Waals surface area contributed by atoms with Gasteiger partial charge in [-0.15, -0.1) is 22.7 Å². The van der Waals surface area contributed by atoms with Crippen molar-refractivity contribution < 1.29 is 9.53 Å². The number of thiazole rings is 2. The molecule has 0 bridgehead atoms. The molecule has 3 aromatic rings. The predicted molar refractivity (Wildman–Crippen MR) is 88.2 cm³/mol. The highest BCUT2D eigenvalue weighted by atomic mass is 32.1. The van der Waals surface area contributed by atoms with Crippen LogP contribution in [0.2, 0.25) is 0 Å². The van der Waals surface area contributed by atoms with Crippen LogP contribution in [0.25, 0.3) is 11.3 Å². The number of benzene rings is 1. The summed E-state index contributed by atoms with van der Waals surface area (Å²) in [7, 11) is 0. The van der Waals surface area contributed by atoms with Gasteiger partial charge < -0.3 is 10.5 Å². The summed E-state index contributed by atoms with van der Waals surface area (Å²) in [5, 5.41) is 6.91. The molecule has 8 heteroatoms. The van der Waals surface area contributed by atoms with Crippen molar-refractivity contribution in [1.29, 1.82) is 0 Å². The summed E-state index contributed by atoms with van der Waals surface area (Å²) in [4.78, 5) is 19.9. The monoisotopic (exact) mass is 332 g/mol. The number of nitrogens with zero attached hydrogens (tertiary/aromatic N) is 2. The lowest BCUT2D eigenvalue weighted by molar-refractivity contribution is -0.118. The number of hydrogen-bond acceptors (Lipinski definition) is 7. The zero-order chi connectivity index (χ0) is 15.4. The fourth-order valence-corrected chi connectivity index (χ4v) is 2.88. The van der Waals surface area contributed by atoms with Crippen LogP contribution in [0.1, 0.15) is 0 Å². The minimum absolute atomic E-state index is 0.125. The lowest BCUT2D eigenvalue weighted by Crippen LogP contribution is -2.20. The summed E-state index contributed by atoms with van der Waals surface area (Å²) >= 11 is 2.87.